The molecule has 1 atom stereocenters. The number of aliphatic hydroxyl groups is 1. The molecule has 1 heterocycles. The Balaban J connectivity index is 2.16. The van der Waals surface area contributed by atoms with Gasteiger partial charge in [-0.1, -0.05) is 24.3 Å². The highest BCUT2D eigenvalue weighted by Crippen LogP contribution is 2.39. The van der Waals surface area contributed by atoms with E-state index >= 15 is 0 Å². The van der Waals surface area contributed by atoms with Crippen LogP contribution in [0.2, 0.25) is 0 Å². The van der Waals surface area contributed by atoms with Crippen molar-refractivity contribution in [2.75, 3.05) is 6.61 Å². The Morgan fingerprint density at radius 1 is 1.11 bits per heavy atom. The van der Waals surface area contributed by atoms with E-state index in [9.17, 15) is 9.50 Å². The Labute approximate surface area is 105 Å². The third-order valence-electron chi connectivity index (χ3n) is 3.33. The maximum atomic E-state index is 13.8. The molecule has 0 saturated carbocycles. The summed E-state index contributed by atoms with van der Waals surface area (Å²) in [5.74, 6) is 0.831. The monoisotopic (exact) mass is 244 g/mol. The third kappa shape index (κ3) is 1.77. The van der Waals surface area contributed by atoms with E-state index in [2.05, 4.69) is 0 Å². The summed E-state index contributed by atoms with van der Waals surface area (Å²) in [5.41, 5.74) is 1.46. The number of hydrogen-bond acceptors (Lipinski definition) is 2. The van der Waals surface area contributed by atoms with Gasteiger partial charge in [0, 0.05) is 17.0 Å². The van der Waals surface area contributed by atoms with Gasteiger partial charge in [0.25, 0.3) is 0 Å². The normalized spacial score (nSPS) is 17.3. The Morgan fingerprint density at radius 3 is 2.72 bits per heavy atom. The first kappa shape index (κ1) is 11.2. The maximum Gasteiger partial charge on any atom is 0.133 e. The molecular formula is C15H13FO2. The van der Waals surface area contributed by atoms with Gasteiger partial charge in [-0.2, -0.15) is 0 Å². The van der Waals surface area contributed by atoms with Crippen LogP contribution in [-0.4, -0.2) is 11.7 Å². The first-order valence-corrected chi connectivity index (χ1v) is 5.94. The third-order valence-corrected chi connectivity index (χ3v) is 3.33. The lowest BCUT2D eigenvalue weighted by Crippen LogP contribution is -2.07. The number of fused-ring (bicyclic) bond motifs is 2. The lowest BCUT2D eigenvalue weighted by atomic mass is 9.92. The van der Waals surface area contributed by atoms with E-state index in [0.717, 1.165) is 5.56 Å². The van der Waals surface area contributed by atoms with Gasteiger partial charge >= 0.3 is 0 Å². The van der Waals surface area contributed by atoms with Gasteiger partial charge in [0.05, 0.1) is 6.61 Å². The van der Waals surface area contributed by atoms with E-state index in [1.165, 1.54) is 6.07 Å². The minimum atomic E-state index is -0.279. The van der Waals surface area contributed by atoms with Crippen LogP contribution in [0.5, 0.6) is 11.5 Å². The minimum absolute atomic E-state index is 0.0197. The smallest absolute Gasteiger partial charge is 0.133 e. The summed E-state index contributed by atoms with van der Waals surface area (Å²) < 4.78 is 19.6. The molecule has 18 heavy (non-hydrogen) atoms. The van der Waals surface area contributed by atoms with Gasteiger partial charge < -0.3 is 9.84 Å². The van der Waals surface area contributed by atoms with E-state index in [1.807, 2.05) is 24.3 Å². The number of hydrogen-bond donors (Lipinski definition) is 1. The molecule has 0 radical (unpaired) electrons. The summed E-state index contributed by atoms with van der Waals surface area (Å²) in [5, 5.41) is 9.50. The van der Waals surface area contributed by atoms with Crippen LogP contribution in [0.3, 0.4) is 0 Å². The van der Waals surface area contributed by atoms with Crippen molar-refractivity contribution >= 4 is 0 Å². The van der Waals surface area contributed by atoms with Crippen molar-refractivity contribution in [3.05, 3.63) is 59.4 Å². The molecule has 1 aliphatic rings. The second kappa shape index (κ2) is 4.42. The van der Waals surface area contributed by atoms with E-state index in [1.54, 1.807) is 12.1 Å². The summed E-state index contributed by atoms with van der Waals surface area (Å²) in [6.07, 6.45) is 0.454. The zero-order chi connectivity index (χ0) is 12.5. The van der Waals surface area contributed by atoms with Crippen LogP contribution in [0, 0.1) is 5.82 Å². The molecule has 2 aromatic carbocycles. The lowest BCUT2D eigenvalue weighted by molar-refractivity contribution is 0.264. The molecule has 2 nitrogen and oxygen atoms in total. The van der Waals surface area contributed by atoms with Crippen LogP contribution in [0.4, 0.5) is 4.39 Å². The predicted octanol–water partition coefficient (Wildman–Crippen LogP) is 3.25. The number of ether oxygens (including phenoxy) is 1. The van der Waals surface area contributed by atoms with Crippen molar-refractivity contribution in [2.45, 2.75) is 12.3 Å². The quantitative estimate of drug-likeness (QED) is 0.834. The zero-order valence-electron chi connectivity index (χ0n) is 9.77. The summed E-state index contributed by atoms with van der Waals surface area (Å²) in [6, 6.07) is 12.4. The second-order valence-electron chi connectivity index (χ2n) is 4.44. The molecule has 0 aromatic heterocycles. The minimum Gasteiger partial charge on any atom is -0.457 e. The van der Waals surface area contributed by atoms with Crippen molar-refractivity contribution in [3.63, 3.8) is 0 Å². The molecule has 0 spiro atoms. The predicted molar refractivity (Wildman–Crippen MR) is 66.4 cm³/mol. The fourth-order valence-electron chi connectivity index (χ4n) is 2.38. The Hall–Kier alpha value is -1.87. The van der Waals surface area contributed by atoms with Crippen molar-refractivity contribution in [1.82, 2.24) is 0 Å². The van der Waals surface area contributed by atoms with Crippen LogP contribution in [0.1, 0.15) is 17.0 Å². The van der Waals surface area contributed by atoms with Crippen LogP contribution in [0.15, 0.2) is 42.5 Å². The summed E-state index contributed by atoms with van der Waals surface area (Å²) in [6.45, 7) is -0.0197. The molecule has 92 valence electrons. The number of aliphatic hydroxyl groups excluding tert-OH is 1. The van der Waals surface area contributed by atoms with Gasteiger partial charge in [0.1, 0.15) is 17.3 Å². The first-order chi connectivity index (χ1) is 8.79. The molecule has 1 aliphatic heterocycles. The second-order valence-corrected chi connectivity index (χ2v) is 4.44. The molecule has 0 amide bonds. The lowest BCUT2D eigenvalue weighted by Gasteiger charge is -2.13. The van der Waals surface area contributed by atoms with Crippen molar-refractivity contribution < 1.29 is 14.2 Å². The molecule has 0 fully saturated rings. The van der Waals surface area contributed by atoms with Crippen LogP contribution in [0.25, 0.3) is 0 Å². The van der Waals surface area contributed by atoms with Gasteiger partial charge in [-0.05, 0) is 24.6 Å². The van der Waals surface area contributed by atoms with Crippen molar-refractivity contribution in [3.8, 4) is 11.5 Å². The summed E-state index contributed by atoms with van der Waals surface area (Å²) >= 11 is 0. The van der Waals surface area contributed by atoms with E-state index in [4.69, 9.17) is 4.74 Å². The molecule has 0 aliphatic carbocycles. The van der Waals surface area contributed by atoms with E-state index in [-0.39, 0.29) is 18.3 Å². The highest BCUT2D eigenvalue weighted by molar-refractivity contribution is 5.47. The van der Waals surface area contributed by atoms with Crippen LogP contribution >= 0.6 is 0 Å². The zero-order valence-corrected chi connectivity index (χ0v) is 9.77. The van der Waals surface area contributed by atoms with E-state index in [0.29, 0.717) is 23.5 Å². The number of halogens is 1. The fraction of sp³-hybridized carbons (Fsp3) is 0.200. The van der Waals surface area contributed by atoms with Gasteiger partial charge in [-0.3, -0.25) is 0 Å². The SMILES string of the molecule is OCC1Cc2c(F)cccc2Oc2ccccc21. The molecular weight excluding hydrogens is 231 g/mol. The average molecular weight is 244 g/mol. The van der Waals surface area contributed by atoms with Gasteiger partial charge in [-0.25, -0.2) is 4.39 Å². The Kier molecular flexibility index (Phi) is 2.76. The fourth-order valence-corrected chi connectivity index (χ4v) is 2.38. The van der Waals surface area contributed by atoms with Crippen molar-refractivity contribution in [2.24, 2.45) is 0 Å². The molecule has 3 heteroatoms. The van der Waals surface area contributed by atoms with Crippen LogP contribution in [-0.2, 0) is 6.42 Å². The summed E-state index contributed by atoms with van der Waals surface area (Å²) in [7, 11) is 0. The number of para-hydroxylation sites is 1. The highest BCUT2D eigenvalue weighted by Gasteiger charge is 2.24. The Morgan fingerprint density at radius 2 is 1.89 bits per heavy atom. The topological polar surface area (TPSA) is 29.5 Å². The summed E-state index contributed by atoms with van der Waals surface area (Å²) in [4.78, 5) is 0. The van der Waals surface area contributed by atoms with Gasteiger partial charge in [-0.15, -0.1) is 0 Å². The molecule has 3 rings (SSSR count). The number of benzene rings is 2. The van der Waals surface area contributed by atoms with Crippen LogP contribution < -0.4 is 4.74 Å². The molecule has 2 aromatic rings. The molecule has 1 N–H and O–H groups in total. The van der Waals surface area contributed by atoms with E-state index < -0.39 is 0 Å². The highest BCUT2D eigenvalue weighted by atomic mass is 19.1. The Bertz CT molecular complexity index is 580. The number of rotatable bonds is 1. The molecule has 1 unspecified atom stereocenters. The van der Waals surface area contributed by atoms with Gasteiger partial charge in [0.15, 0.2) is 0 Å². The molecule has 0 saturated heterocycles. The largest absolute Gasteiger partial charge is 0.457 e. The maximum absolute atomic E-state index is 13.8. The molecule has 0 bridgehead atoms. The average Bonchev–Trinajstić information content (AvgIpc) is 2.55. The van der Waals surface area contributed by atoms with Gasteiger partial charge in [0.2, 0.25) is 0 Å². The first-order valence-electron chi connectivity index (χ1n) is 5.94. The van der Waals surface area contributed by atoms with Crippen molar-refractivity contribution in [1.29, 1.82) is 0 Å². The standard InChI is InChI=1S/C15H13FO2/c16-13-5-3-7-15-12(13)8-10(9-17)11-4-1-2-6-14(11)18-15/h1-7,10,17H,8-9H2.